The van der Waals surface area contributed by atoms with Crippen LogP contribution < -0.4 is 19.6 Å². The van der Waals surface area contributed by atoms with Crippen molar-refractivity contribution in [2.45, 2.75) is 19.6 Å². The lowest BCUT2D eigenvalue weighted by Crippen LogP contribution is -2.36. The Balaban J connectivity index is 1.46. The van der Waals surface area contributed by atoms with E-state index in [0.29, 0.717) is 36.0 Å². The number of rotatable bonds is 6. The fraction of sp³-hybridized carbons (Fsp3) is 0.250. The van der Waals surface area contributed by atoms with Crippen molar-refractivity contribution in [1.29, 1.82) is 0 Å². The topological polar surface area (TPSA) is 80.9 Å². The maximum Gasteiger partial charge on any atom is 0.270 e. The molecule has 4 rings (SSSR count). The number of halogens is 1. The number of amides is 1. The summed E-state index contributed by atoms with van der Waals surface area (Å²) < 4.78 is 16.3. The molecule has 0 fully saturated rings. The van der Waals surface area contributed by atoms with Gasteiger partial charge in [0.2, 0.25) is 5.43 Å². The molecule has 0 spiro atoms. The molecule has 2 heterocycles. The lowest BCUT2D eigenvalue weighted by atomic mass is 9.98. The highest BCUT2D eigenvalue weighted by Crippen LogP contribution is 2.33. The van der Waals surface area contributed by atoms with Crippen LogP contribution in [0.25, 0.3) is 0 Å². The number of pyridine rings is 1. The number of nitrogens with one attached hydrogen (secondary N) is 1. The third kappa shape index (κ3) is 4.57. The summed E-state index contributed by atoms with van der Waals surface area (Å²) in [6.45, 7) is 1.19. The summed E-state index contributed by atoms with van der Waals surface area (Å²) in [5.41, 5.74) is 2.86. The number of nitrogens with zero attached hydrogens (tertiary/aromatic N) is 1. The van der Waals surface area contributed by atoms with E-state index in [1.54, 1.807) is 31.3 Å². The van der Waals surface area contributed by atoms with Crippen molar-refractivity contribution in [3.05, 3.63) is 86.3 Å². The van der Waals surface area contributed by atoms with E-state index >= 15 is 0 Å². The SMILES string of the molecule is COc1cc2c(cc1OC)CN(C(=O)c1cc(=O)c(OCc3ccc(Cl)cc3)c[nH]1)CC2. The fourth-order valence-electron chi connectivity index (χ4n) is 3.66. The van der Waals surface area contributed by atoms with Gasteiger partial charge in [0.1, 0.15) is 12.3 Å². The molecule has 0 saturated carbocycles. The van der Waals surface area contributed by atoms with Gasteiger partial charge in [-0.2, -0.15) is 0 Å². The molecule has 0 atom stereocenters. The van der Waals surface area contributed by atoms with Crippen LogP contribution in [0.5, 0.6) is 17.2 Å². The summed E-state index contributed by atoms with van der Waals surface area (Å²) in [6, 6.07) is 12.3. The van der Waals surface area contributed by atoms with Crippen molar-refractivity contribution >= 4 is 17.5 Å². The summed E-state index contributed by atoms with van der Waals surface area (Å²) in [5.74, 6) is 1.20. The normalized spacial score (nSPS) is 12.8. The Hall–Kier alpha value is -3.45. The van der Waals surface area contributed by atoms with Crippen molar-refractivity contribution in [1.82, 2.24) is 9.88 Å². The molecular weight excluding hydrogens is 432 g/mol. The number of fused-ring (bicyclic) bond motifs is 1. The molecule has 0 bridgehead atoms. The number of aromatic amines is 1. The van der Waals surface area contributed by atoms with Crippen molar-refractivity contribution in [2.24, 2.45) is 0 Å². The van der Waals surface area contributed by atoms with Crippen LogP contribution in [-0.4, -0.2) is 36.6 Å². The predicted octanol–water partition coefficient (Wildman–Crippen LogP) is 3.82. The molecule has 3 aromatic rings. The zero-order valence-corrected chi connectivity index (χ0v) is 18.6. The zero-order valence-electron chi connectivity index (χ0n) is 17.8. The molecule has 7 nitrogen and oxygen atoms in total. The van der Waals surface area contributed by atoms with E-state index in [9.17, 15) is 9.59 Å². The number of carbonyl (C=O) groups excluding carboxylic acids is 1. The maximum absolute atomic E-state index is 13.0. The van der Waals surface area contributed by atoms with Crippen molar-refractivity contribution in [2.75, 3.05) is 20.8 Å². The third-order valence-corrected chi connectivity index (χ3v) is 5.67. The van der Waals surface area contributed by atoms with Crippen LogP contribution in [-0.2, 0) is 19.6 Å². The lowest BCUT2D eigenvalue weighted by Gasteiger charge is -2.29. The van der Waals surface area contributed by atoms with Gasteiger partial charge in [0.05, 0.1) is 14.2 Å². The molecule has 1 N–H and O–H groups in total. The molecule has 1 aliphatic rings. The van der Waals surface area contributed by atoms with Gasteiger partial charge in [0.15, 0.2) is 17.2 Å². The first-order valence-electron chi connectivity index (χ1n) is 10.1. The number of hydrogen-bond donors (Lipinski definition) is 1. The monoisotopic (exact) mass is 454 g/mol. The average Bonchev–Trinajstić information content (AvgIpc) is 2.82. The number of aromatic nitrogens is 1. The Kier molecular flexibility index (Phi) is 6.37. The first-order chi connectivity index (χ1) is 15.5. The van der Waals surface area contributed by atoms with Crippen molar-refractivity contribution in [3.63, 3.8) is 0 Å². The maximum atomic E-state index is 13.0. The third-order valence-electron chi connectivity index (χ3n) is 5.42. The Labute approximate surface area is 190 Å². The average molecular weight is 455 g/mol. The van der Waals surface area contributed by atoms with Crippen LogP contribution in [0.4, 0.5) is 0 Å². The number of hydrogen-bond acceptors (Lipinski definition) is 5. The van der Waals surface area contributed by atoms with Gasteiger partial charge in [-0.25, -0.2) is 0 Å². The highest BCUT2D eigenvalue weighted by atomic mass is 35.5. The van der Waals surface area contributed by atoms with Gasteiger partial charge in [0.25, 0.3) is 5.91 Å². The summed E-state index contributed by atoms with van der Waals surface area (Å²) in [6.07, 6.45) is 2.12. The fourth-order valence-corrected chi connectivity index (χ4v) is 3.79. The van der Waals surface area contributed by atoms with E-state index in [0.717, 1.165) is 16.7 Å². The Morgan fingerprint density at radius 2 is 1.72 bits per heavy atom. The van der Waals surface area contributed by atoms with Crippen LogP contribution in [0.1, 0.15) is 27.2 Å². The van der Waals surface area contributed by atoms with Gasteiger partial charge >= 0.3 is 0 Å². The minimum Gasteiger partial charge on any atom is -0.493 e. The van der Waals surface area contributed by atoms with Crippen molar-refractivity contribution in [3.8, 4) is 17.2 Å². The molecule has 1 amide bonds. The van der Waals surface area contributed by atoms with Gasteiger partial charge in [-0.3, -0.25) is 9.59 Å². The second kappa shape index (κ2) is 9.36. The first kappa shape index (κ1) is 21.8. The molecule has 1 aromatic heterocycles. The second-order valence-electron chi connectivity index (χ2n) is 7.44. The van der Waals surface area contributed by atoms with Gasteiger partial charge in [0, 0.05) is 30.4 Å². The molecular formula is C24H23ClN2O5. The largest absolute Gasteiger partial charge is 0.493 e. The van der Waals surface area contributed by atoms with Gasteiger partial charge in [-0.1, -0.05) is 23.7 Å². The number of carbonyl (C=O) groups is 1. The predicted molar refractivity (Wildman–Crippen MR) is 121 cm³/mol. The highest BCUT2D eigenvalue weighted by Gasteiger charge is 2.24. The molecule has 2 aromatic carbocycles. The molecule has 32 heavy (non-hydrogen) atoms. The lowest BCUT2D eigenvalue weighted by molar-refractivity contribution is 0.0728. The van der Waals surface area contributed by atoms with E-state index < -0.39 is 0 Å². The summed E-state index contributed by atoms with van der Waals surface area (Å²) in [5, 5.41) is 0.632. The van der Waals surface area contributed by atoms with E-state index in [1.165, 1.54) is 12.3 Å². The number of methoxy groups -OCH3 is 2. The Morgan fingerprint density at radius 1 is 1.03 bits per heavy atom. The van der Waals surface area contributed by atoms with Gasteiger partial charge in [-0.15, -0.1) is 0 Å². The number of ether oxygens (including phenoxy) is 3. The second-order valence-corrected chi connectivity index (χ2v) is 7.88. The quantitative estimate of drug-likeness (QED) is 0.612. The minimum absolute atomic E-state index is 0.150. The molecule has 166 valence electrons. The standard InChI is InChI=1S/C24H23ClN2O5/c1-30-21-9-16-7-8-27(13-17(16)10-22(21)31-2)24(29)19-11-20(28)23(12-26-19)32-14-15-3-5-18(25)6-4-15/h3-6,9-12H,7-8,13-14H2,1-2H3,(H,26,28). The molecule has 0 radical (unpaired) electrons. The van der Waals surface area contributed by atoms with Crippen LogP contribution in [0.3, 0.4) is 0 Å². The number of benzene rings is 2. The smallest absolute Gasteiger partial charge is 0.270 e. The molecule has 0 aliphatic carbocycles. The molecule has 0 unspecified atom stereocenters. The molecule has 1 aliphatic heterocycles. The van der Waals surface area contributed by atoms with Crippen LogP contribution in [0.2, 0.25) is 5.02 Å². The van der Waals surface area contributed by atoms with Gasteiger partial charge < -0.3 is 24.1 Å². The Morgan fingerprint density at radius 3 is 2.38 bits per heavy atom. The van der Waals surface area contributed by atoms with E-state index in [2.05, 4.69) is 4.98 Å². The van der Waals surface area contributed by atoms with Crippen LogP contribution in [0.15, 0.2) is 53.5 Å². The zero-order chi connectivity index (χ0) is 22.7. The molecule has 8 heteroatoms. The summed E-state index contributed by atoms with van der Waals surface area (Å²) in [4.78, 5) is 30.1. The van der Waals surface area contributed by atoms with Crippen LogP contribution >= 0.6 is 11.6 Å². The Bertz CT molecular complexity index is 1190. The molecule has 0 saturated heterocycles. The van der Waals surface area contributed by atoms with Crippen molar-refractivity contribution < 1.29 is 19.0 Å². The van der Waals surface area contributed by atoms with E-state index in [-0.39, 0.29) is 29.4 Å². The van der Waals surface area contributed by atoms with E-state index in [1.807, 2.05) is 24.3 Å². The first-order valence-corrected chi connectivity index (χ1v) is 10.5. The van der Waals surface area contributed by atoms with E-state index in [4.69, 9.17) is 25.8 Å². The highest BCUT2D eigenvalue weighted by molar-refractivity contribution is 6.30. The summed E-state index contributed by atoms with van der Waals surface area (Å²) >= 11 is 5.88. The van der Waals surface area contributed by atoms with Crippen LogP contribution in [0, 0.1) is 0 Å². The minimum atomic E-state index is -0.357. The summed E-state index contributed by atoms with van der Waals surface area (Å²) in [7, 11) is 3.18. The van der Waals surface area contributed by atoms with Gasteiger partial charge in [-0.05, 0) is 47.4 Å². The number of H-pyrrole nitrogens is 1.